The second kappa shape index (κ2) is 11.4. The molecule has 2 aliphatic heterocycles. The fourth-order valence-corrected chi connectivity index (χ4v) is 5.40. The molecule has 10 nitrogen and oxygen atoms in total. The van der Waals surface area contributed by atoms with E-state index in [-0.39, 0.29) is 48.5 Å². The molecule has 2 N–H and O–H groups in total. The summed E-state index contributed by atoms with van der Waals surface area (Å²) in [6, 6.07) is 19.0. The summed E-state index contributed by atoms with van der Waals surface area (Å²) in [6.07, 6.45) is -6.17. The minimum absolute atomic E-state index is 0.0961. The summed E-state index contributed by atoms with van der Waals surface area (Å²) in [7, 11) is 0. The zero-order chi connectivity index (χ0) is 30.2. The van der Waals surface area contributed by atoms with Crippen molar-refractivity contribution in [2.45, 2.75) is 18.2 Å². The summed E-state index contributed by atoms with van der Waals surface area (Å²) in [6.45, 7) is 0.748. The number of benzene rings is 3. The van der Waals surface area contributed by atoms with Gasteiger partial charge in [-0.1, -0.05) is 41.9 Å². The van der Waals surface area contributed by atoms with Crippen LogP contribution in [0.1, 0.15) is 17.5 Å². The molecule has 6 rings (SSSR count). The number of halogens is 4. The Hall–Kier alpha value is -4.27. The predicted octanol–water partition coefficient (Wildman–Crippen LogP) is 5.58. The number of nitrogens with zero attached hydrogens (tertiary/aromatic N) is 4. The van der Waals surface area contributed by atoms with Crippen LogP contribution in [0, 0.1) is 0 Å². The minimum Gasteiger partial charge on any atom is -0.457 e. The maximum Gasteiger partial charge on any atom is 0.492 e. The van der Waals surface area contributed by atoms with Crippen LogP contribution < -0.4 is 24.4 Å². The molecule has 2 amide bonds. The van der Waals surface area contributed by atoms with Gasteiger partial charge in [-0.2, -0.15) is 17.5 Å². The number of hydrogen-bond donors (Lipinski definition) is 2. The van der Waals surface area contributed by atoms with E-state index in [0.29, 0.717) is 22.2 Å². The van der Waals surface area contributed by atoms with Crippen molar-refractivity contribution in [3.63, 3.8) is 0 Å². The number of piperazine rings is 1. The van der Waals surface area contributed by atoms with Gasteiger partial charge in [-0.25, -0.2) is 9.78 Å². The highest BCUT2D eigenvalue weighted by atomic mass is 35.5. The Bertz CT molecular complexity index is 1600. The van der Waals surface area contributed by atoms with E-state index in [1.54, 1.807) is 24.3 Å². The molecule has 1 aromatic heterocycles. The second-order valence-electron chi connectivity index (χ2n) is 9.64. The Morgan fingerprint density at radius 1 is 1.00 bits per heavy atom. The molecule has 15 heteroatoms. The highest BCUT2D eigenvalue weighted by Crippen LogP contribution is 2.46. The van der Waals surface area contributed by atoms with Crippen LogP contribution in [0.2, 0.25) is 5.02 Å². The normalized spacial score (nSPS) is 18.8. The van der Waals surface area contributed by atoms with Gasteiger partial charge in [-0.15, -0.1) is 0 Å². The van der Waals surface area contributed by atoms with Crippen molar-refractivity contribution in [1.29, 1.82) is 0 Å². The molecule has 0 saturated carbocycles. The smallest absolute Gasteiger partial charge is 0.457 e. The highest BCUT2D eigenvalue weighted by molar-refractivity contribution is 7.09. The summed E-state index contributed by atoms with van der Waals surface area (Å²) >= 11 is 6.94. The molecule has 0 radical (unpaired) electrons. The largest absolute Gasteiger partial charge is 0.492 e. The number of carbonyl (C=O) groups excluding carboxylic acids is 1. The Kier molecular flexibility index (Phi) is 7.66. The third-order valence-corrected chi connectivity index (χ3v) is 7.77. The van der Waals surface area contributed by atoms with Crippen molar-refractivity contribution >= 4 is 34.3 Å². The lowest BCUT2D eigenvalue weighted by Crippen LogP contribution is -2.67. The van der Waals surface area contributed by atoms with Crippen molar-refractivity contribution in [2.75, 3.05) is 31.1 Å². The first-order valence-electron chi connectivity index (χ1n) is 13.0. The number of fused-ring (bicyclic) bond motifs is 1. The summed E-state index contributed by atoms with van der Waals surface area (Å²) < 4.78 is 62.2. The number of nitrogens with one attached hydrogen (secondary N) is 1. The molecule has 43 heavy (non-hydrogen) atoms. The molecule has 2 atom stereocenters. The van der Waals surface area contributed by atoms with Gasteiger partial charge in [0, 0.05) is 48.8 Å². The van der Waals surface area contributed by atoms with Crippen LogP contribution in [0.5, 0.6) is 23.0 Å². The van der Waals surface area contributed by atoms with Gasteiger partial charge < -0.3 is 29.1 Å². The number of ether oxygens (including phenoxy) is 3. The molecule has 3 heterocycles. The van der Waals surface area contributed by atoms with Crippen LogP contribution in [0.25, 0.3) is 0 Å². The van der Waals surface area contributed by atoms with E-state index >= 15 is 0 Å². The van der Waals surface area contributed by atoms with Crippen molar-refractivity contribution in [3.05, 3.63) is 89.2 Å². The van der Waals surface area contributed by atoms with E-state index in [1.165, 1.54) is 23.1 Å². The fourth-order valence-electron chi connectivity index (χ4n) is 4.49. The molecule has 1 saturated heterocycles. The van der Waals surface area contributed by atoms with E-state index in [9.17, 15) is 23.1 Å². The van der Waals surface area contributed by atoms with E-state index in [2.05, 4.69) is 9.36 Å². The summed E-state index contributed by atoms with van der Waals surface area (Å²) in [5, 5.41) is 13.4. The molecule has 0 spiro atoms. The topological polar surface area (TPSA) is 109 Å². The van der Waals surface area contributed by atoms with Gasteiger partial charge in [-0.05, 0) is 42.0 Å². The SMILES string of the molecule is O=C(NC1(C(F)(F)F)Oc2ccc(Cl)cc2O1)N1CCN(c2nc(C(O)c3ccc(Oc4ccccc4)cc3)ns2)CC1. The Morgan fingerprint density at radius 2 is 1.67 bits per heavy atom. The second-order valence-corrected chi connectivity index (χ2v) is 10.8. The Balaban J connectivity index is 1.05. The summed E-state index contributed by atoms with van der Waals surface area (Å²) in [5.74, 6) is -2.31. The van der Waals surface area contributed by atoms with Crippen LogP contribution in [0.15, 0.2) is 72.8 Å². The number of rotatable bonds is 6. The number of carbonyl (C=O) groups is 1. The van der Waals surface area contributed by atoms with Crippen LogP contribution in [0.4, 0.5) is 23.1 Å². The third kappa shape index (κ3) is 5.98. The van der Waals surface area contributed by atoms with Crippen LogP contribution >= 0.6 is 23.1 Å². The van der Waals surface area contributed by atoms with Crippen molar-refractivity contribution in [3.8, 4) is 23.0 Å². The van der Waals surface area contributed by atoms with E-state index in [0.717, 1.165) is 11.5 Å². The van der Waals surface area contributed by atoms with Gasteiger partial charge >= 0.3 is 18.1 Å². The number of amides is 2. The van der Waals surface area contributed by atoms with E-state index in [1.807, 2.05) is 40.5 Å². The lowest BCUT2D eigenvalue weighted by atomic mass is 10.1. The molecule has 2 unspecified atom stereocenters. The van der Waals surface area contributed by atoms with Crippen LogP contribution in [-0.2, 0) is 0 Å². The van der Waals surface area contributed by atoms with Gasteiger partial charge in [0.05, 0.1) is 0 Å². The van der Waals surface area contributed by atoms with Gasteiger partial charge in [0.15, 0.2) is 17.3 Å². The van der Waals surface area contributed by atoms with Crippen LogP contribution in [-0.4, -0.2) is 63.7 Å². The van der Waals surface area contributed by atoms with Gasteiger partial charge in [-0.3, -0.25) is 5.32 Å². The lowest BCUT2D eigenvalue weighted by molar-refractivity contribution is -0.318. The standard InChI is InChI=1S/C28H23ClF3N5O5S/c29-18-8-11-21-22(16-18)42-28(41-21,27(30,31)32)34-25(39)36-12-14-37(15-13-36)26-33-24(35-43-26)23(38)17-6-9-20(10-7-17)40-19-4-2-1-3-5-19/h1-11,16,23,38H,12-15H2,(H,34,39). The van der Waals surface area contributed by atoms with E-state index in [4.69, 9.17) is 25.8 Å². The average Bonchev–Trinajstić information content (AvgIpc) is 3.63. The van der Waals surface area contributed by atoms with Gasteiger partial charge in [0.2, 0.25) is 5.13 Å². The lowest BCUT2D eigenvalue weighted by Gasteiger charge is -2.37. The molecular formula is C28H23ClF3N5O5S. The molecule has 224 valence electrons. The quantitative estimate of drug-likeness (QED) is 0.283. The average molecular weight is 634 g/mol. The third-order valence-electron chi connectivity index (χ3n) is 6.75. The first kappa shape index (κ1) is 28.8. The van der Waals surface area contributed by atoms with Crippen molar-refractivity contribution in [1.82, 2.24) is 19.6 Å². The Labute approximate surface area is 252 Å². The number of aliphatic hydroxyl groups is 1. The molecule has 1 fully saturated rings. The Morgan fingerprint density at radius 3 is 2.37 bits per heavy atom. The number of aliphatic hydroxyl groups excluding tert-OH is 1. The monoisotopic (exact) mass is 633 g/mol. The molecule has 0 bridgehead atoms. The molecule has 3 aromatic carbocycles. The maximum atomic E-state index is 14.0. The molecule has 4 aromatic rings. The fraction of sp³-hybridized carbons (Fsp3) is 0.250. The van der Waals surface area contributed by atoms with E-state index < -0.39 is 24.2 Å². The predicted molar refractivity (Wildman–Crippen MR) is 151 cm³/mol. The first-order chi connectivity index (χ1) is 20.6. The zero-order valence-corrected chi connectivity index (χ0v) is 23.7. The number of aromatic nitrogens is 2. The summed E-state index contributed by atoms with van der Waals surface area (Å²) in [4.78, 5) is 20.4. The van der Waals surface area contributed by atoms with Crippen molar-refractivity contribution < 1.29 is 37.3 Å². The maximum absolute atomic E-state index is 14.0. The van der Waals surface area contributed by atoms with Crippen LogP contribution in [0.3, 0.4) is 0 Å². The number of hydrogen-bond acceptors (Lipinski definition) is 9. The highest BCUT2D eigenvalue weighted by Gasteiger charge is 2.66. The number of alkyl halides is 3. The minimum atomic E-state index is -5.09. The number of urea groups is 1. The molecule has 2 aliphatic rings. The number of para-hydroxylation sites is 1. The van der Waals surface area contributed by atoms with Gasteiger partial charge in [0.25, 0.3) is 0 Å². The first-order valence-corrected chi connectivity index (χ1v) is 14.2. The summed E-state index contributed by atoms with van der Waals surface area (Å²) in [5.41, 5.74) is 0.575. The van der Waals surface area contributed by atoms with Gasteiger partial charge in [0.1, 0.15) is 17.6 Å². The molecular weight excluding hydrogens is 611 g/mol. The van der Waals surface area contributed by atoms with Crippen molar-refractivity contribution in [2.24, 2.45) is 0 Å². The zero-order valence-electron chi connectivity index (χ0n) is 22.1. The molecule has 0 aliphatic carbocycles. The number of anilines is 1.